The van der Waals surface area contributed by atoms with Gasteiger partial charge in [-0.25, -0.2) is 0 Å². The van der Waals surface area contributed by atoms with E-state index in [2.05, 4.69) is 4.98 Å². The van der Waals surface area contributed by atoms with Gasteiger partial charge in [0, 0.05) is 25.1 Å². The Morgan fingerprint density at radius 1 is 1.39 bits per heavy atom. The fourth-order valence-corrected chi connectivity index (χ4v) is 4.05. The summed E-state index contributed by atoms with van der Waals surface area (Å²) in [4.78, 5) is 29.8. The largest absolute Gasteiger partial charge is 0.459 e. The van der Waals surface area contributed by atoms with Gasteiger partial charge in [-0.3, -0.25) is 14.6 Å². The molecule has 154 valence electrons. The lowest BCUT2D eigenvalue weighted by molar-refractivity contribution is -0.157. The van der Waals surface area contributed by atoms with Crippen molar-refractivity contribution in [2.24, 2.45) is 17.4 Å². The van der Waals surface area contributed by atoms with Gasteiger partial charge < -0.3 is 21.1 Å². The highest BCUT2D eigenvalue weighted by atomic mass is 32.2. The van der Waals surface area contributed by atoms with Crippen LogP contribution in [0.5, 0.6) is 0 Å². The zero-order valence-electron chi connectivity index (χ0n) is 16.9. The Morgan fingerprint density at radius 3 is 2.68 bits per heavy atom. The first-order valence-electron chi connectivity index (χ1n) is 9.33. The molecular weight excluding hydrogens is 376 g/mol. The topological polar surface area (TPSA) is 112 Å². The van der Waals surface area contributed by atoms with Crippen LogP contribution in [0.1, 0.15) is 46.1 Å². The Bertz CT molecular complexity index is 720. The van der Waals surface area contributed by atoms with Crippen molar-refractivity contribution < 1.29 is 14.3 Å². The number of thioether (sulfide) groups is 1. The smallest absolute Gasteiger partial charge is 0.323 e. The van der Waals surface area contributed by atoms with E-state index in [9.17, 15) is 9.59 Å². The zero-order chi connectivity index (χ0) is 20.9. The van der Waals surface area contributed by atoms with Crippen molar-refractivity contribution in [3.8, 4) is 0 Å². The molecule has 0 aromatic carbocycles. The van der Waals surface area contributed by atoms with E-state index in [1.165, 1.54) is 11.8 Å². The molecule has 2 heterocycles. The molecule has 1 aliphatic heterocycles. The molecule has 1 aromatic rings. The van der Waals surface area contributed by atoms with Gasteiger partial charge in [-0.1, -0.05) is 24.8 Å². The molecule has 2 rings (SSSR count). The van der Waals surface area contributed by atoms with Gasteiger partial charge in [0.05, 0.1) is 0 Å². The van der Waals surface area contributed by atoms with E-state index >= 15 is 0 Å². The summed E-state index contributed by atoms with van der Waals surface area (Å²) in [5.41, 5.74) is 12.3. The molecule has 28 heavy (non-hydrogen) atoms. The van der Waals surface area contributed by atoms with Crippen molar-refractivity contribution >= 4 is 23.6 Å². The normalized spacial score (nSPS) is 21.4. The molecule has 3 atom stereocenters. The number of hydrogen-bond donors (Lipinski definition) is 2. The summed E-state index contributed by atoms with van der Waals surface area (Å²) in [7, 11) is 0. The van der Waals surface area contributed by atoms with Gasteiger partial charge in [0.25, 0.3) is 5.91 Å². The molecule has 0 fully saturated rings. The summed E-state index contributed by atoms with van der Waals surface area (Å²) in [5, 5.41) is 1.87. The minimum Gasteiger partial charge on any atom is -0.459 e. The molecule has 3 unspecified atom stereocenters. The first kappa shape index (κ1) is 22.2. The van der Waals surface area contributed by atoms with E-state index in [1.807, 2.05) is 56.3 Å². The van der Waals surface area contributed by atoms with E-state index < -0.39 is 28.4 Å². The number of ether oxygens (including phenoxy) is 1. The second kappa shape index (κ2) is 8.96. The SMILES string of the molecule is CC(CCC1(C(N)=O)SC=CN1Cc1cccnc1)C(N)C(=O)OC(C)(C)C. The quantitative estimate of drug-likeness (QED) is 0.637. The molecule has 1 amide bonds. The fourth-order valence-electron chi connectivity index (χ4n) is 3.00. The van der Waals surface area contributed by atoms with Crippen LogP contribution in [0.2, 0.25) is 0 Å². The molecule has 0 saturated carbocycles. The standard InChI is InChI=1S/C20H30N4O3S/c1-14(16(21)17(25)27-19(2,3)4)7-8-20(18(22)26)24(10-11-28-20)13-15-6-5-9-23-12-15/h5-6,9-12,14,16H,7-8,13,21H2,1-4H3,(H2,22,26). The third-order valence-electron chi connectivity index (χ3n) is 4.66. The van der Waals surface area contributed by atoms with Crippen LogP contribution in [0.15, 0.2) is 36.1 Å². The summed E-state index contributed by atoms with van der Waals surface area (Å²) >= 11 is 1.39. The van der Waals surface area contributed by atoms with Crippen LogP contribution in [0.3, 0.4) is 0 Å². The van der Waals surface area contributed by atoms with E-state index in [4.69, 9.17) is 16.2 Å². The van der Waals surface area contributed by atoms with Gasteiger partial charge in [0.15, 0.2) is 4.87 Å². The number of carbonyl (C=O) groups is 2. The van der Waals surface area contributed by atoms with Crippen LogP contribution < -0.4 is 11.5 Å². The van der Waals surface area contributed by atoms with Crippen LogP contribution in [0.25, 0.3) is 0 Å². The summed E-state index contributed by atoms with van der Waals surface area (Å²) in [6.45, 7) is 7.83. The average Bonchev–Trinajstić information content (AvgIpc) is 3.02. The van der Waals surface area contributed by atoms with Crippen molar-refractivity contribution in [1.82, 2.24) is 9.88 Å². The summed E-state index contributed by atoms with van der Waals surface area (Å²) in [5.74, 6) is -1.01. The summed E-state index contributed by atoms with van der Waals surface area (Å²) < 4.78 is 5.37. The molecule has 0 bridgehead atoms. The van der Waals surface area contributed by atoms with E-state index in [1.54, 1.807) is 12.4 Å². The van der Waals surface area contributed by atoms with Crippen LogP contribution >= 0.6 is 11.8 Å². The number of nitrogens with zero attached hydrogens (tertiary/aromatic N) is 2. The number of nitrogens with two attached hydrogens (primary N) is 2. The van der Waals surface area contributed by atoms with Gasteiger partial charge >= 0.3 is 5.97 Å². The molecule has 4 N–H and O–H groups in total. The molecule has 8 heteroatoms. The molecule has 0 aliphatic carbocycles. The fraction of sp³-hybridized carbons (Fsp3) is 0.550. The number of aromatic nitrogens is 1. The van der Waals surface area contributed by atoms with E-state index in [0.717, 1.165) is 5.56 Å². The van der Waals surface area contributed by atoms with Crippen molar-refractivity contribution in [3.05, 3.63) is 41.7 Å². The summed E-state index contributed by atoms with van der Waals surface area (Å²) in [6, 6.07) is 3.06. The van der Waals surface area contributed by atoms with Crippen molar-refractivity contribution in [2.75, 3.05) is 0 Å². The predicted octanol–water partition coefficient (Wildman–Crippen LogP) is 2.37. The molecule has 0 radical (unpaired) electrons. The Kier molecular flexibility index (Phi) is 7.11. The minimum absolute atomic E-state index is 0.160. The number of esters is 1. The molecule has 0 saturated heterocycles. The number of amides is 1. The molecule has 1 aromatic heterocycles. The van der Waals surface area contributed by atoms with Gasteiger partial charge in [0.1, 0.15) is 11.6 Å². The van der Waals surface area contributed by atoms with Crippen molar-refractivity contribution in [3.63, 3.8) is 0 Å². The maximum atomic E-state index is 12.4. The highest BCUT2D eigenvalue weighted by molar-refractivity contribution is 8.04. The number of carbonyl (C=O) groups excluding carboxylic acids is 2. The third-order valence-corrected chi connectivity index (χ3v) is 5.95. The first-order valence-corrected chi connectivity index (χ1v) is 10.2. The number of pyridine rings is 1. The second-order valence-corrected chi connectivity index (χ2v) is 9.30. The Balaban J connectivity index is 2.05. The lowest BCUT2D eigenvalue weighted by Gasteiger charge is -2.37. The molecule has 1 aliphatic rings. The first-order chi connectivity index (χ1) is 13.0. The predicted molar refractivity (Wildman–Crippen MR) is 111 cm³/mol. The maximum Gasteiger partial charge on any atom is 0.323 e. The molecule has 7 nitrogen and oxygen atoms in total. The zero-order valence-corrected chi connectivity index (χ0v) is 17.7. The Labute approximate surface area is 170 Å². The highest BCUT2D eigenvalue weighted by Crippen LogP contribution is 2.42. The second-order valence-electron chi connectivity index (χ2n) is 8.12. The lowest BCUT2D eigenvalue weighted by atomic mass is 9.93. The van der Waals surface area contributed by atoms with Crippen LogP contribution in [0, 0.1) is 5.92 Å². The monoisotopic (exact) mass is 406 g/mol. The number of primary amides is 1. The van der Waals surface area contributed by atoms with Crippen LogP contribution in [-0.4, -0.2) is 38.3 Å². The van der Waals surface area contributed by atoms with Gasteiger partial charge in [-0.15, -0.1) is 0 Å². The number of hydrogen-bond acceptors (Lipinski definition) is 7. The highest BCUT2D eigenvalue weighted by Gasteiger charge is 2.44. The van der Waals surface area contributed by atoms with Gasteiger partial charge in [0.2, 0.25) is 0 Å². The Morgan fingerprint density at radius 2 is 2.11 bits per heavy atom. The lowest BCUT2D eigenvalue weighted by Crippen LogP contribution is -2.51. The maximum absolute atomic E-state index is 12.4. The van der Waals surface area contributed by atoms with Crippen molar-refractivity contribution in [1.29, 1.82) is 0 Å². The summed E-state index contributed by atoms with van der Waals surface area (Å²) in [6.07, 6.45) is 6.38. The Hall–Kier alpha value is -2.06. The number of rotatable bonds is 8. The van der Waals surface area contributed by atoms with Gasteiger partial charge in [-0.05, 0) is 56.6 Å². The third kappa shape index (κ3) is 5.48. The average molecular weight is 407 g/mol. The molecule has 0 spiro atoms. The molecular formula is C20H30N4O3S. The van der Waals surface area contributed by atoms with Crippen molar-refractivity contribution in [2.45, 2.75) is 63.6 Å². The van der Waals surface area contributed by atoms with Crippen LogP contribution in [-0.2, 0) is 20.9 Å². The minimum atomic E-state index is -0.905. The van der Waals surface area contributed by atoms with E-state index in [0.29, 0.717) is 19.4 Å². The van der Waals surface area contributed by atoms with E-state index in [-0.39, 0.29) is 5.92 Å². The van der Waals surface area contributed by atoms with Gasteiger partial charge in [-0.2, -0.15) is 0 Å². The van der Waals surface area contributed by atoms with Crippen LogP contribution in [0.4, 0.5) is 0 Å².